The molecule has 0 heterocycles. The second kappa shape index (κ2) is 7.39. The van der Waals surface area contributed by atoms with Gasteiger partial charge in [0.1, 0.15) is 5.60 Å². The van der Waals surface area contributed by atoms with E-state index in [2.05, 4.69) is 24.5 Å². The molecule has 2 N–H and O–H groups in total. The van der Waals surface area contributed by atoms with Crippen LogP contribution in [0.15, 0.2) is 0 Å². The first-order chi connectivity index (χ1) is 8.80. The van der Waals surface area contributed by atoms with E-state index in [0.29, 0.717) is 12.1 Å². The molecule has 0 bridgehead atoms. The fourth-order valence-electron chi connectivity index (χ4n) is 2.09. The molecule has 1 atom stereocenters. The number of alkyl carbamates (subject to hydrolysis) is 1. The van der Waals surface area contributed by atoms with Crippen LogP contribution in [-0.4, -0.2) is 41.3 Å². The summed E-state index contributed by atoms with van der Waals surface area (Å²) in [6.45, 7) is 10.0. The second-order valence-corrected chi connectivity index (χ2v) is 7.56. The summed E-state index contributed by atoms with van der Waals surface area (Å²) >= 11 is 1.96. The van der Waals surface area contributed by atoms with Crippen LogP contribution in [0.4, 0.5) is 4.79 Å². The van der Waals surface area contributed by atoms with Crippen LogP contribution < -0.4 is 10.6 Å². The Bertz CT molecular complexity index is 286. The number of thioether (sulfide) groups is 1. The topological polar surface area (TPSA) is 50.4 Å². The van der Waals surface area contributed by atoms with Crippen LogP contribution in [0.3, 0.4) is 0 Å². The third-order valence-electron chi connectivity index (χ3n) is 2.95. The first-order valence-electron chi connectivity index (χ1n) is 7.13. The van der Waals surface area contributed by atoms with Crippen molar-refractivity contribution in [1.29, 1.82) is 0 Å². The highest BCUT2D eigenvalue weighted by Gasteiger charge is 2.32. The molecule has 4 nitrogen and oxygen atoms in total. The summed E-state index contributed by atoms with van der Waals surface area (Å²) in [5, 5.41) is 6.50. The number of carbonyl (C=O) groups excluding carboxylic acids is 1. The van der Waals surface area contributed by atoms with E-state index < -0.39 is 5.60 Å². The average Bonchev–Trinajstić information content (AvgIpc) is 2.20. The molecular weight excluding hydrogens is 260 g/mol. The van der Waals surface area contributed by atoms with Crippen LogP contribution in [0.5, 0.6) is 0 Å². The third kappa shape index (κ3) is 7.06. The SMILES string of the molecule is CCSCC(C)NC1CC(NC(=O)OC(C)(C)C)C1. The molecule has 1 amide bonds. The molecule has 112 valence electrons. The monoisotopic (exact) mass is 288 g/mol. The van der Waals surface area contributed by atoms with Gasteiger partial charge in [0.05, 0.1) is 0 Å². The predicted molar refractivity (Wildman–Crippen MR) is 81.8 cm³/mol. The Morgan fingerprint density at radius 2 is 2.00 bits per heavy atom. The maximum atomic E-state index is 11.6. The minimum absolute atomic E-state index is 0.262. The van der Waals surface area contributed by atoms with Crippen molar-refractivity contribution in [2.24, 2.45) is 0 Å². The van der Waals surface area contributed by atoms with Gasteiger partial charge in [0.25, 0.3) is 0 Å². The van der Waals surface area contributed by atoms with Crippen LogP contribution in [0.2, 0.25) is 0 Å². The van der Waals surface area contributed by atoms with Crippen molar-refractivity contribution in [3.63, 3.8) is 0 Å². The Morgan fingerprint density at radius 1 is 1.37 bits per heavy atom. The summed E-state index contributed by atoms with van der Waals surface area (Å²) in [7, 11) is 0. The van der Waals surface area contributed by atoms with Gasteiger partial charge in [-0.05, 0) is 46.3 Å². The van der Waals surface area contributed by atoms with Gasteiger partial charge in [-0.1, -0.05) is 6.92 Å². The van der Waals surface area contributed by atoms with E-state index in [-0.39, 0.29) is 12.1 Å². The van der Waals surface area contributed by atoms with Crippen molar-refractivity contribution in [2.45, 2.75) is 71.2 Å². The Hall–Kier alpha value is -0.420. The van der Waals surface area contributed by atoms with Crippen LogP contribution in [0.25, 0.3) is 0 Å². The van der Waals surface area contributed by atoms with Crippen molar-refractivity contribution in [3.05, 3.63) is 0 Å². The summed E-state index contributed by atoms with van der Waals surface area (Å²) in [4.78, 5) is 11.6. The molecule has 19 heavy (non-hydrogen) atoms. The zero-order valence-electron chi connectivity index (χ0n) is 12.8. The Labute approximate surface area is 121 Å². The lowest BCUT2D eigenvalue weighted by atomic mass is 9.86. The molecule has 0 spiro atoms. The molecule has 5 heteroatoms. The molecule has 0 aliphatic heterocycles. The number of nitrogens with one attached hydrogen (secondary N) is 2. The molecule has 1 saturated carbocycles. The predicted octanol–water partition coefficient (Wildman–Crippen LogP) is 2.77. The fourth-order valence-corrected chi connectivity index (χ4v) is 2.78. The van der Waals surface area contributed by atoms with Gasteiger partial charge in [-0.2, -0.15) is 11.8 Å². The zero-order valence-corrected chi connectivity index (χ0v) is 13.6. The summed E-state index contributed by atoms with van der Waals surface area (Å²) in [5.74, 6) is 2.32. The molecule has 0 radical (unpaired) electrons. The number of rotatable bonds is 6. The first kappa shape index (κ1) is 16.6. The van der Waals surface area contributed by atoms with E-state index in [4.69, 9.17) is 4.74 Å². The highest BCUT2D eigenvalue weighted by atomic mass is 32.2. The maximum Gasteiger partial charge on any atom is 0.407 e. The summed E-state index contributed by atoms with van der Waals surface area (Å²) < 4.78 is 5.24. The van der Waals surface area contributed by atoms with Crippen molar-refractivity contribution < 1.29 is 9.53 Å². The van der Waals surface area contributed by atoms with E-state index in [1.165, 1.54) is 5.75 Å². The zero-order chi connectivity index (χ0) is 14.5. The lowest BCUT2D eigenvalue weighted by molar-refractivity contribution is 0.0464. The standard InChI is InChI=1S/C14H28N2O2S/c1-6-19-9-10(2)15-11-7-12(8-11)16-13(17)18-14(3,4)5/h10-12,15H,6-9H2,1-5H3,(H,16,17). The third-order valence-corrected chi connectivity index (χ3v) is 4.10. The van der Waals surface area contributed by atoms with Gasteiger partial charge < -0.3 is 15.4 Å². The van der Waals surface area contributed by atoms with Crippen molar-refractivity contribution >= 4 is 17.9 Å². The number of amides is 1. The molecule has 1 fully saturated rings. The van der Waals surface area contributed by atoms with Crippen LogP contribution in [-0.2, 0) is 4.74 Å². The Morgan fingerprint density at radius 3 is 2.53 bits per heavy atom. The first-order valence-corrected chi connectivity index (χ1v) is 8.29. The van der Waals surface area contributed by atoms with Gasteiger partial charge in [0, 0.05) is 23.9 Å². The van der Waals surface area contributed by atoms with Crippen LogP contribution >= 0.6 is 11.8 Å². The highest BCUT2D eigenvalue weighted by Crippen LogP contribution is 2.21. The van der Waals surface area contributed by atoms with Crippen molar-refractivity contribution in [3.8, 4) is 0 Å². The van der Waals surface area contributed by atoms with Gasteiger partial charge >= 0.3 is 6.09 Å². The average molecular weight is 288 g/mol. The van der Waals surface area contributed by atoms with E-state index >= 15 is 0 Å². The lowest BCUT2D eigenvalue weighted by Gasteiger charge is -2.38. The number of hydrogen-bond donors (Lipinski definition) is 2. The Kier molecular flexibility index (Phi) is 6.47. The van der Waals surface area contributed by atoms with Gasteiger partial charge in [0.15, 0.2) is 0 Å². The minimum Gasteiger partial charge on any atom is -0.444 e. The smallest absolute Gasteiger partial charge is 0.407 e. The maximum absolute atomic E-state index is 11.6. The fraction of sp³-hybridized carbons (Fsp3) is 0.929. The van der Waals surface area contributed by atoms with Gasteiger partial charge in [-0.15, -0.1) is 0 Å². The lowest BCUT2D eigenvalue weighted by Crippen LogP contribution is -2.55. The molecule has 0 saturated heterocycles. The summed E-state index contributed by atoms with van der Waals surface area (Å²) in [6, 6.07) is 1.34. The quantitative estimate of drug-likeness (QED) is 0.789. The van der Waals surface area contributed by atoms with E-state index in [9.17, 15) is 4.79 Å². The van der Waals surface area contributed by atoms with Crippen LogP contribution in [0, 0.1) is 0 Å². The number of carbonyl (C=O) groups is 1. The molecule has 0 aromatic rings. The molecule has 0 aromatic carbocycles. The molecule has 1 unspecified atom stereocenters. The molecule has 1 rings (SSSR count). The summed E-state index contributed by atoms with van der Waals surface area (Å²) in [6.07, 6.45) is 1.70. The molecular formula is C14H28N2O2S. The van der Waals surface area contributed by atoms with E-state index in [1.54, 1.807) is 0 Å². The van der Waals surface area contributed by atoms with Gasteiger partial charge in [-0.25, -0.2) is 4.79 Å². The minimum atomic E-state index is -0.419. The normalized spacial score (nSPS) is 24.5. The van der Waals surface area contributed by atoms with E-state index in [1.807, 2.05) is 32.5 Å². The van der Waals surface area contributed by atoms with Gasteiger partial charge in [0.2, 0.25) is 0 Å². The number of ether oxygens (including phenoxy) is 1. The van der Waals surface area contributed by atoms with Crippen LogP contribution in [0.1, 0.15) is 47.5 Å². The summed E-state index contributed by atoms with van der Waals surface area (Å²) in [5.41, 5.74) is -0.419. The Balaban J connectivity index is 2.11. The second-order valence-electron chi connectivity index (χ2n) is 6.24. The van der Waals surface area contributed by atoms with Gasteiger partial charge in [-0.3, -0.25) is 0 Å². The van der Waals surface area contributed by atoms with E-state index in [0.717, 1.165) is 18.6 Å². The number of hydrogen-bond acceptors (Lipinski definition) is 4. The van der Waals surface area contributed by atoms with Crippen molar-refractivity contribution in [2.75, 3.05) is 11.5 Å². The van der Waals surface area contributed by atoms with Crippen molar-refractivity contribution in [1.82, 2.24) is 10.6 Å². The molecule has 1 aliphatic rings. The largest absolute Gasteiger partial charge is 0.444 e. The highest BCUT2D eigenvalue weighted by molar-refractivity contribution is 7.99. The molecule has 1 aliphatic carbocycles. The molecule has 0 aromatic heterocycles.